The van der Waals surface area contributed by atoms with Gasteiger partial charge in [-0.3, -0.25) is 19.0 Å². The van der Waals surface area contributed by atoms with Crippen LogP contribution in [0.3, 0.4) is 0 Å². The van der Waals surface area contributed by atoms with Gasteiger partial charge in [0.15, 0.2) is 11.4 Å². The molecule has 1 N–H and O–H groups in total. The molecule has 0 bridgehead atoms. The highest BCUT2D eigenvalue weighted by Gasteiger charge is 2.60. The summed E-state index contributed by atoms with van der Waals surface area (Å²) in [7, 11) is 1.25. The van der Waals surface area contributed by atoms with Gasteiger partial charge in [-0.2, -0.15) is 18.3 Å². The summed E-state index contributed by atoms with van der Waals surface area (Å²) < 4.78 is 85.7. The molecule has 3 heterocycles. The van der Waals surface area contributed by atoms with Gasteiger partial charge in [0, 0.05) is 43.7 Å². The van der Waals surface area contributed by atoms with E-state index in [0.717, 1.165) is 34.8 Å². The zero-order valence-corrected chi connectivity index (χ0v) is 20.4. The van der Waals surface area contributed by atoms with E-state index in [1.807, 2.05) is 0 Å². The minimum atomic E-state index is -4.94. The largest absolute Gasteiger partial charge is 0.413 e. The van der Waals surface area contributed by atoms with Crippen LogP contribution in [0.5, 0.6) is 0 Å². The van der Waals surface area contributed by atoms with Crippen LogP contribution >= 0.6 is 0 Å². The van der Waals surface area contributed by atoms with Crippen molar-refractivity contribution in [1.82, 2.24) is 19.2 Å². The van der Waals surface area contributed by atoms with Crippen molar-refractivity contribution in [2.45, 2.75) is 44.5 Å². The Morgan fingerprint density at radius 2 is 1.82 bits per heavy atom. The Morgan fingerprint density at radius 3 is 2.39 bits per heavy atom. The lowest BCUT2D eigenvalue weighted by molar-refractivity contribution is -0.211. The number of pyridine rings is 1. The minimum absolute atomic E-state index is 0.167. The molecule has 1 aromatic carbocycles. The summed E-state index contributed by atoms with van der Waals surface area (Å²) in [6.07, 6.45) is -7.76. The standard InChI is InChI=1S/C24H23F6N5O3/c1-12(14-5-4-6-15(19(14)25)20(26)27)31-21-17-10-35(18(37)9-16(17)22(38)33(3)32-21)23(24(28,29)30)7-8-34(11-23)13(2)36/h4-6,9-10,12,20H,7-8,11H2,1-3H3,(H,31,32)/t12-,23?/m1/s1. The second kappa shape index (κ2) is 9.48. The molecule has 204 valence electrons. The Morgan fingerprint density at radius 1 is 1.16 bits per heavy atom. The first-order valence-electron chi connectivity index (χ1n) is 11.5. The van der Waals surface area contributed by atoms with E-state index < -0.39 is 65.6 Å². The summed E-state index contributed by atoms with van der Waals surface area (Å²) in [5, 5.41) is 6.39. The number of carbonyl (C=O) groups is 1. The number of nitrogens with one attached hydrogen (secondary N) is 1. The van der Waals surface area contributed by atoms with Crippen LogP contribution in [0.4, 0.5) is 32.2 Å². The number of carbonyl (C=O) groups excluding carboxylic acids is 1. The fourth-order valence-electron chi connectivity index (χ4n) is 4.74. The number of hydrogen-bond acceptors (Lipinski definition) is 5. The van der Waals surface area contributed by atoms with E-state index in [1.165, 1.54) is 26.1 Å². The number of fused-ring (bicyclic) bond motifs is 1. The lowest BCUT2D eigenvalue weighted by atomic mass is 9.96. The zero-order valence-electron chi connectivity index (χ0n) is 20.4. The van der Waals surface area contributed by atoms with E-state index in [-0.39, 0.29) is 28.7 Å². The number of aryl methyl sites for hydroxylation is 1. The number of benzene rings is 1. The molecule has 2 atom stereocenters. The van der Waals surface area contributed by atoms with Gasteiger partial charge >= 0.3 is 6.18 Å². The van der Waals surface area contributed by atoms with Crippen molar-refractivity contribution in [2.75, 3.05) is 18.4 Å². The fourth-order valence-corrected chi connectivity index (χ4v) is 4.74. The molecule has 3 aromatic rings. The summed E-state index contributed by atoms with van der Waals surface area (Å²) >= 11 is 0. The third kappa shape index (κ3) is 4.41. The Labute approximate surface area is 211 Å². The lowest BCUT2D eigenvalue weighted by Gasteiger charge is -2.34. The van der Waals surface area contributed by atoms with Crippen molar-refractivity contribution < 1.29 is 31.1 Å². The molecule has 0 saturated carbocycles. The second-order valence-corrected chi connectivity index (χ2v) is 9.22. The lowest BCUT2D eigenvalue weighted by Crippen LogP contribution is -2.54. The number of halogens is 6. The summed E-state index contributed by atoms with van der Waals surface area (Å²) in [5.41, 5.74) is -5.64. The number of alkyl halides is 5. The maximum atomic E-state index is 14.7. The maximum Gasteiger partial charge on any atom is 0.413 e. The van der Waals surface area contributed by atoms with Gasteiger partial charge in [0.25, 0.3) is 17.5 Å². The van der Waals surface area contributed by atoms with E-state index >= 15 is 0 Å². The van der Waals surface area contributed by atoms with Crippen molar-refractivity contribution in [3.05, 3.63) is 68.1 Å². The van der Waals surface area contributed by atoms with Gasteiger partial charge in [0.1, 0.15) is 5.82 Å². The van der Waals surface area contributed by atoms with Crippen molar-refractivity contribution in [3.8, 4) is 0 Å². The third-order valence-electron chi connectivity index (χ3n) is 6.88. The van der Waals surface area contributed by atoms with Crippen LogP contribution < -0.4 is 16.4 Å². The Hall–Kier alpha value is -3.84. The van der Waals surface area contributed by atoms with Crippen molar-refractivity contribution in [3.63, 3.8) is 0 Å². The molecule has 1 saturated heterocycles. The van der Waals surface area contributed by atoms with Crippen LogP contribution in [0.15, 0.2) is 40.1 Å². The van der Waals surface area contributed by atoms with Crippen LogP contribution in [0.2, 0.25) is 0 Å². The summed E-state index contributed by atoms with van der Waals surface area (Å²) in [6.45, 7) is 1.49. The number of rotatable bonds is 5. The number of aromatic nitrogens is 3. The first kappa shape index (κ1) is 27.2. The highest BCUT2D eigenvalue weighted by Crippen LogP contribution is 2.43. The number of hydrogen-bond donors (Lipinski definition) is 1. The number of nitrogens with zero attached hydrogens (tertiary/aromatic N) is 4. The molecule has 0 aliphatic carbocycles. The van der Waals surface area contributed by atoms with Crippen LogP contribution in [-0.2, 0) is 17.4 Å². The minimum Gasteiger partial charge on any atom is -0.361 e. The fraction of sp³-hybridized carbons (Fsp3) is 0.417. The van der Waals surface area contributed by atoms with Gasteiger partial charge in [-0.1, -0.05) is 18.2 Å². The molecule has 1 amide bonds. The van der Waals surface area contributed by atoms with Crippen LogP contribution in [0.25, 0.3) is 10.8 Å². The summed E-state index contributed by atoms with van der Waals surface area (Å²) in [5.74, 6) is -1.94. The molecule has 0 spiro atoms. The Balaban J connectivity index is 1.90. The average Bonchev–Trinajstić information content (AvgIpc) is 3.29. The molecule has 2 aromatic heterocycles. The molecule has 1 unspecified atom stereocenters. The molecule has 14 heteroatoms. The van der Waals surface area contributed by atoms with Gasteiger partial charge in [-0.25, -0.2) is 17.9 Å². The van der Waals surface area contributed by atoms with Gasteiger partial charge in [0.2, 0.25) is 5.91 Å². The van der Waals surface area contributed by atoms with E-state index in [2.05, 4.69) is 10.4 Å². The van der Waals surface area contributed by atoms with Gasteiger partial charge in [-0.15, -0.1) is 0 Å². The predicted molar refractivity (Wildman–Crippen MR) is 126 cm³/mol. The normalized spacial score (nSPS) is 18.8. The molecular weight excluding hydrogens is 520 g/mol. The molecule has 1 aliphatic rings. The summed E-state index contributed by atoms with van der Waals surface area (Å²) in [4.78, 5) is 38.5. The van der Waals surface area contributed by atoms with Gasteiger partial charge in [-0.05, 0) is 13.3 Å². The van der Waals surface area contributed by atoms with E-state index in [1.54, 1.807) is 0 Å². The van der Waals surface area contributed by atoms with Crippen molar-refractivity contribution in [1.29, 1.82) is 0 Å². The number of amides is 1. The first-order chi connectivity index (χ1) is 17.7. The van der Waals surface area contributed by atoms with Crippen LogP contribution in [-0.4, -0.2) is 44.4 Å². The van der Waals surface area contributed by atoms with Crippen LogP contribution in [0.1, 0.15) is 43.9 Å². The first-order valence-corrected chi connectivity index (χ1v) is 11.5. The predicted octanol–water partition coefficient (Wildman–Crippen LogP) is 3.85. The highest BCUT2D eigenvalue weighted by molar-refractivity contribution is 5.90. The molecule has 1 fully saturated rings. The summed E-state index contributed by atoms with van der Waals surface area (Å²) in [6, 6.07) is 3.16. The van der Waals surface area contributed by atoms with Crippen LogP contribution in [0, 0.1) is 5.82 Å². The molecule has 4 rings (SSSR count). The Bertz CT molecular complexity index is 1530. The molecule has 1 aliphatic heterocycles. The molecule has 38 heavy (non-hydrogen) atoms. The van der Waals surface area contributed by atoms with E-state index in [0.29, 0.717) is 4.57 Å². The van der Waals surface area contributed by atoms with Crippen molar-refractivity contribution >= 4 is 22.5 Å². The van der Waals surface area contributed by atoms with Gasteiger partial charge < -0.3 is 10.2 Å². The average molecular weight is 543 g/mol. The van der Waals surface area contributed by atoms with Crippen molar-refractivity contribution in [2.24, 2.45) is 7.05 Å². The van der Waals surface area contributed by atoms with E-state index in [9.17, 15) is 40.7 Å². The second-order valence-electron chi connectivity index (χ2n) is 9.22. The van der Waals surface area contributed by atoms with E-state index in [4.69, 9.17) is 0 Å². The smallest absolute Gasteiger partial charge is 0.361 e. The molecule has 8 nitrogen and oxygen atoms in total. The quantitative estimate of drug-likeness (QED) is 0.494. The zero-order chi connectivity index (χ0) is 28.2. The third-order valence-corrected chi connectivity index (χ3v) is 6.88. The molecular formula is C24H23F6N5O3. The SMILES string of the molecule is CC(=O)N1CCC(n2cc3c(N[C@H](C)c4cccc(C(F)F)c4F)nn(C)c(=O)c3cc2=O)(C(F)(F)F)C1. The maximum absolute atomic E-state index is 14.7. The number of anilines is 1. The highest BCUT2D eigenvalue weighted by atomic mass is 19.4. The number of likely N-dealkylation sites (tertiary alicyclic amines) is 1. The van der Waals surface area contributed by atoms with Gasteiger partial charge in [0.05, 0.1) is 23.5 Å². The molecule has 0 radical (unpaired) electrons. The monoisotopic (exact) mass is 543 g/mol. The topological polar surface area (TPSA) is 89.2 Å². The Kier molecular flexibility index (Phi) is 6.78.